The van der Waals surface area contributed by atoms with E-state index in [9.17, 15) is 15.0 Å². The molecule has 3 nitrogen and oxygen atoms in total. The van der Waals surface area contributed by atoms with Crippen molar-refractivity contribution in [2.75, 3.05) is 0 Å². The molecule has 0 aromatic carbocycles. The minimum Gasteiger partial charge on any atom is -0.481 e. The molecule has 0 bridgehead atoms. The standard InChI is InChI=1S/C30H48O3/c1-18-10-15-30(25(32)33)17-16-28(6)20(24(30)19(18)2)8-9-22-27(5)13-12-23(31)26(3,4)21(27)11-14-29(22,28)7/h8,18-19,21-24,31H,9-17H2,1-7H3,(H,32,33)/t18-,19+,21+,22-,23-,24-,27-,28+,29+,30-/m0/s1. The Bertz CT molecular complexity index is 874. The Kier molecular flexibility index (Phi) is 5.15. The van der Waals surface area contributed by atoms with Crippen molar-refractivity contribution in [2.24, 2.45) is 56.7 Å². The number of hydrogen-bond donors (Lipinski definition) is 2. The Morgan fingerprint density at radius 3 is 2.27 bits per heavy atom. The lowest BCUT2D eigenvalue weighted by molar-refractivity contribution is -0.206. The van der Waals surface area contributed by atoms with Crippen LogP contribution in [0.2, 0.25) is 0 Å². The molecule has 3 heteroatoms. The summed E-state index contributed by atoms with van der Waals surface area (Å²) in [5, 5.41) is 21.4. The smallest absolute Gasteiger partial charge is 0.310 e. The van der Waals surface area contributed by atoms with Gasteiger partial charge in [-0.25, -0.2) is 0 Å². The second-order valence-electron chi connectivity index (χ2n) is 14.5. The molecule has 0 aromatic rings. The summed E-state index contributed by atoms with van der Waals surface area (Å²) >= 11 is 0. The van der Waals surface area contributed by atoms with E-state index >= 15 is 0 Å². The number of carboxylic acid groups (broad SMARTS) is 1. The van der Waals surface area contributed by atoms with Crippen LogP contribution < -0.4 is 0 Å². The van der Waals surface area contributed by atoms with Crippen molar-refractivity contribution in [3.63, 3.8) is 0 Å². The summed E-state index contributed by atoms with van der Waals surface area (Å²) in [5.74, 6) is 1.82. The Morgan fingerprint density at radius 1 is 0.909 bits per heavy atom. The summed E-state index contributed by atoms with van der Waals surface area (Å²) in [6, 6.07) is 0. The summed E-state index contributed by atoms with van der Waals surface area (Å²) < 4.78 is 0. The summed E-state index contributed by atoms with van der Waals surface area (Å²) in [6.07, 6.45) is 11.6. The molecular formula is C30H48O3. The van der Waals surface area contributed by atoms with Crippen molar-refractivity contribution in [1.82, 2.24) is 0 Å². The second-order valence-corrected chi connectivity index (χ2v) is 14.5. The third kappa shape index (κ3) is 2.75. The largest absolute Gasteiger partial charge is 0.481 e. The first-order chi connectivity index (χ1) is 15.3. The highest BCUT2D eigenvalue weighted by Gasteiger charge is 2.69. The zero-order valence-electron chi connectivity index (χ0n) is 22.2. The molecule has 33 heavy (non-hydrogen) atoms. The molecule has 186 valence electrons. The number of hydrogen-bond acceptors (Lipinski definition) is 2. The van der Waals surface area contributed by atoms with Gasteiger partial charge in [0.2, 0.25) is 0 Å². The van der Waals surface area contributed by atoms with Crippen molar-refractivity contribution < 1.29 is 15.0 Å². The van der Waals surface area contributed by atoms with E-state index in [1.54, 1.807) is 0 Å². The summed E-state index contributed by atoms with van der Waals surface area (Å²) in [4.78, 5) is 12.8. The van der Waals surface area contributed by atoms with Gasteiger partial charge in [-0.05, 0) is 109 Å². The molecule has 0 unspecified atom stereocenters. The van der Waals surface area contributed by atoms with Crippen LogP contribution >= 0.6 is 0 Å². The van der Waals surface area contributed by atoms with Gasteiger partial charge in [-0.15, -0.1) is 0 Å². The van der Waals surface area contributed by atoms with E-state index in [1.807, 2.05) is 0 Å². The molecule has 5 aliphatic rings. The molecule has 0 saturated heterocycles. The van der Waals surface area contributed by atoms with Crippen LogP contribution in [0.5, 0.6) is 0 Å². The van der Waals surface area contributed by atoms with Crippen LogP contribution in [-0.4, -0.2) is 22.3 Å². The number of carboxylic acids is 1. The average molecular weight is 457 g/mol. The molecule has 10 atom stereocenters. The monoisotopic (exact) mass is 456 g/mol. The minimum absolute atomic E-state index is 0.0302. The van der Waals surface area contributed by atoms with Gasteiger partial charge >= 0.3 is 5.97 Å². The van der Waals surface area contributed by atoms with Crippen molar-refractivity contribution in [2.45, 2.75) is 112 Å². The highest BCUT2D eigenvalue weighted by atomic mass is 16.4. The Hall–Kier alpha value is -0.830. The van der Waals surface area contributed by atoms with Gasteiger partial charge in [-0.2, -0.15) is 0 Å². The first-order valence-electron chi connectivity index (χ1n) is 13.9. The molecule has 0 spiro atoms. The van der Waals surface area contributed by atoms with Crippen LogP contribution in [0.25, 0.3) is 0 Å². The summed E-state index contributed by atoms with van der Waals surface area (Å²) in [5.41, 5.74) is 1.46. The van der Waals surface area contributed by atoms with Crippen LogP contribution in [0.3, 0.4) is 0 Å². The van der Waals surface area contributed by atoms with E-state index in [0.29, 0.717) is 23.7 Å². The molecule has 0 aliphatic heterocycles. The summed E-state index contributed by atoms with van der Waals surface area (Å²) in [7, 11) is 0. The van der Waals surface area contributed by atoms with Crippen LogP contribution in [0.1, 0.15) is 106 Å². The normalized spacial score (nSPS) is 55.3. The van der Waals surface area contributed by atoms with Gasteiger partial charge < -0.3 is 10.2 Å². The number of aliphatic hydroxyl groups is 1. The number of carbonyl (C=O) groups is 1. The van der Waals surface area contributed by atoms with Gasteiger partial charge in [0.05, 0.1) is 11.5 Å². The fourth-order valence-electron chi connectivity index (χ4n) is 10.8. The molecule has 4 fully saturated rings. The molecular weight excluding hydrogens is 408 g/mol. The number of allylic oxidation sites excluding steroid dienone is 2. The first kappa shape index (κ1) is 23.9. The predicted molar refractivity (Wildman–Crippen MR) is 133 cm³/mol. The predicted octanol–water partition coefficient (Wildman–Crippen LogP) is 7.09. The van der Waals surface area contributed by atoms with Gasteiger partial charge in [-0.1, -0.05) is 60.1 Å². The van der Waals surface area contributed by atoms with Crippen molar-refractivity contribution in [1.29, 1.82) is 0 Å². The third-order valence-electron chi connectivity index (χ3n) is 13.4. The molecule has 2 N–H and O–H groups in total. The third-order valence-corrected chi connectivity index (χ3v) is 13.4. The van der Waals surface area contributed by atoms with Crippen LogP contribution in [0.4, 0.5) is 0 Å². The van der Waals surface area contributed by atoms with E-state index in [1.165, 1.54) is 18.4 Å². The quantitative estimate of drug-likeness (QED) is 0.414. The lowest BCUT2D eigenvalue weighted by atomic mass is 9.33. The first-order valence-corrected chi connectivity index (χ1v) is 13.9. The maximum absolute atomic E-state index is 12.8. The Morgan fingerprint density at radius 2 is 1.61 bits per heavy atom. The van der Waals surface area contributed by atoms with Gasteiger partial charge in [-0.3, -0.25) is 4.79 Å². The van der Waals surface area contributed by atoms with E-state index in [-0.39, 0.29) is 33.7 Å². The average Bonchev–Trinajstić information content (AvgIpc) is 2.74. The van der Waals surface area contributed by atoms with Crippen molar-refractivity contribution in [3.05, 3.63) is 11.6 Å². The van der Waals surface area contributed by atoms with Gasteiger partial charge in [0, 0.05) is 0 Å². The van der Waals surface area contributed by atoms with E-state index < -0.39 is 11.4 Å². The van der Waals surface area contributed by atoms with Gasteiger partial charge in [0.25, 0.3) is 0 Å². The highest BCUT2D eigenvalue weighted by Crippen LogP contribution is 2.75. The molecule has 5 aliphatic carbocycles. The van der Waals surface area contributed by atoms with Crippen molar-refractivity contribution in [3.8, 4) is 0 Å². The van der Waals surface area contributed by atoms with E-state index in [0.717, 1.165) is 44.9 Å². The molecule has 0 heterocycles. The number of aliphatic hydroxyl groups excluding tert-OH is 1. The summed E-state index contributed by atoms with van der Waals surface area (Å²) in [6.45, 7) is 17.0. The lowest BCUT2D eigenvalue weighted by Gasteiger charge is -2.71. The van der Waals surface area contributed by atoms with E-state index in [4.69, 9.17) is 0 Å². The fraction of sp³-hybridized carbons (Fsp3) is 0.900. The van der Waals surface area contributed by atoms with E-state index in [2.05, 4.69) is 54.5 Å². The molecule has 4 saturated carbocycles. The number of aliphatic carboxylic acids is 1. The Labute approximate surface area is 201 Å². The second kappa shape index (κ2) is 7.11. The molecule has 0 radical (unpaired) electrons. The topological polar surface area (TPSA) is 57.5 Å². The van der Waals surface area contributed by atoms with Crippen LogP contribution in [-0.2, 0) is 4.79 Å². The zero-order valence-corrected chi connectivity index (χ0v) is 22.2. The Balaban J connectivity index is 1.61. The fourth-order valence-corrected chi connectivity index (χ4v) is 10.8. The van der Waals surface area contributed by atoms with Gasteiger partial charge in [0.1, 0.15) is 0 Å². The molecule has 5 rings (SSSR count). The maximum atomic E-state index is 12.8. The molecule has 0 amide bonds. The number of rotatable bonds is 1. The minimum atomic E-state index is -0.557. The van der Waals surface area contributed by atoms with Crippen LogP contribution in [0.15, 0.2) is 11.6 Å². The van der Waals surface area contributed by atoms with Gasteiger partial charge in [0.15, 0.2) is 0 Å². The highest BCUT2D eigenvalue weighted by molar-refractivity contribution is 5.76. The van der Waals surface area contributed by atoms with Crippen LogP contribution in [0, 0.1) is 56.7 Å². The van der Waals surface area contributed by atoms with Crippen molar-refractivity contribution >= 4 is 5.97 Å². The molecule has 0 aromatic heterocycles. The zero-order chi connectivity index (χ0) is 24.2. The maximum Gasteiger partial charge on any atom is 0.310 e. The SMILES string of the molecule is C[C@H]1[C@H]2C3=CC[C@H]4[C@@]5(C)CC[C@H](O)C(C)(C)[C@H]5CC[C@@]4(C)[C@]3(C)CC[C@@]2(C(=O)O)CC[C@@H]1C. The number of fused-ring (bicyclic) bond motifs is 7. The lowest BCUT2D eigenvalue weighted by Crippen LogP contribution is -2.65.